The first kappa shape index (κ1) is 23.9. The predicted molar refractivity (Wildman–Crippen MR) is 119 cm³/mol. The van der Waals surface area contributed by atoms with Crippen LogP contribution in [0.5, 0.6) is 0 Å². The zero-order valence-electron chi connectivity index (χ0n) is 17.5. The summed E-state index contributed by atoms with van der Waals surface area (Å²) in [4.78, 5) is 47.6. The van der Waals surface area contributed by atoms with Gasteiger partial charge in [-0.15, -0.1) is 11.8 Å². The summed E-state index contributed by atoms with van der Waals surface area (Å²) in [5.41, 5.74) is 3.23. The zero-order valence-corrected chi connectivity index (χ0v) is 18.3. The van der Waals surface area contributed by atoms with Crippen LogP contribution in [-0.4, -0.2) is 49.0 Å². The highest BCUT2D eigenvalue weighted by molar-refractivity contribution is 8.00. The van der Waals surface area contributed by atoms with Crippen LogP contribution < -0.4 is 10.6 Å². The molecule has 0 atom stereocenters. The highest BCUT2D eigenvalue weighted by Gasteiger charge is 2.15. The second kappa shape index (κ2) is 11.8. The maximum Gasteiger partial charge on any atom is 0.339 e. The molecular weight excluding hydrogens is 420 g/mol. The third kappa shape index (κ3) is 7.78. The fraction of sp³-hybridized carbons (Fsp3) is 0.273. The Balaban J connectivity index is 1.72. The number of ether oxygens (including phenoxy) is 2. The molecule has 2 aromatic rings. The average molecular weight is 445 g/mol. The van der Waals surface area contributed by atoms with Gasteiger partial charge in [-0.25, -0.2) is 4.79 Å². The van der Waals surface area contributed by atoms with Gasteiger partial charge in [-0.3, -0.25) is 14.4 Å². The molecule has 0 heterocycles. The number of hydrogen-bond donors (Lipinski definition) is 2. The van der Waals surface area contributed by atoms with Gasteiger partial charge in [0.25, 0.3) is 5.91 Å². The Hall–Kier alpha value is -3.33. The molecule has 31 heavy (non-hydrogen) atoms. The zero-order chi connectivity index (χ0) is 22.8. The fourth-order valence-electron chi connectivity index (χ4n) is 2.62. The van der Waals surface area contributed by atoms with Crippen molar-refractivity contribution in [1.82, 2.24) is 0 Å². The van der Waals surface area contributed by atoms with E-state index < -0.39 is 24.5 Å². The maximum absolute atomic E-state index is 12.0. The maximum atomic E-state index is 12.0. The Kier molecular flexibility index (Phi) is 9.08. The molecule has 8 nitrogen and oxygen atoms in total. The van der Waals surface area contributed by atoms with Crippen LogP contribution in [0.4, 0.5) is 11.4 Å². The molecule has 0 saturated carbocycles. The first-order valence-corrected chi connectivity index (χ1v) is 10.5. The molecule has 0 aliphatic heterocycles. The van der Waals surface area contributed by atoms with Crippen molar-refractivity contribution in [3.63, 3.8) is 0 Å². The van der Waals surface area contributed by atoms with E-state index in [1.165, 1.54) is 19.2 Å². The monoisotopic (exact) mass is 444 g/mol. The topological polar surface area (TPSA) is 111 Å². The summed E-state index contributed by atoms with van der Waals surface area (Å²) >= 11 is 1.08. The highest BCUT2D eigenvalue weighted by Crippen LogP contribution is 2.17. The number of methoxy groups -OCH3 is 1. The Morgan fingerprint density at radius 1 is 0.903 bits per heavy atom. The summed E-state index contributed by atoms with van der Waals surface area (Å²) in [6.07, 6.45) is 0. The number of benzene rings is 2. The Bertz CT molecular complexity index is 976. The van der Waals surface area contributed by atoms with Crippen molar-refractivity contribution in [2.45, 2.75) is 13.8 Å². The fourth-order valence-corrected chi connectivity index (χ4v) is 3.23. The SMILES string of the molecule is COC(=O)c1ccccc1NC(=O)COC(=O)CSCC(=O)Nc1ccc(C)cc1C. The third-order valence-corrected chi connectivity index (χ3v) is 4.99. The second-order valence-corrected chi connectivity index (χ2v) is 7.59. The molecule has 2 amide bonds. The average Bonchev–Trinajstić information content (AvgIpc) is 2.74. The number of amides is 2. The second-order valence-electron chi connectivity index (χ2n) is 6.61. The van der Waals surface area contributed by atoms with Gasteiger partial charge in [0.05, 0.1) is 29.9 Å². The number of rotatable bonds is 9. The minimum atomic E-state index is -0.624. The molecule has 0 aromatic heterocycles. The number of nitrogens with one attached hydrogen (secondary N) is 2. The van der Waals surface area contributed by atoms with E-state index in [4.69, 9.17) is 4.74 Å². The van der Waals surface area contributed by atoms with Crippen LogP contribution in [0.15, 0.2) is 42.5 Å². The standard InChI is InChI=1S/C22H24N2O6S/c1-14-8-9-17(15(2)10-14)23-20(26)12-31-13-21(27)30-11-19(25)24-18-7-5-4-6-16(18)22(28)29-3/h4-10H,11-13H2,1-3H3,(H,23,26)(H,24,25). The first-order valence-electron chi connectivity index (χ1n) is 9.38. The molecule has 2 aromatic carbocycles. The van der Waals surface area contributed by atoms with Crippen LogP contribution in [-0.2, 0) is 23.9 Å². The van der Waals surface area contributed by atoms with E-state index >= 15 is 0 Å². The van der Waals surface area contributed by atoms with Crippen molar-refractivity contribution in [2.75, 3.05) is 35.9 Å². The number of aryl methyl sites for hydroxylation is 2. The molecule has 2 N–H and O–H groups in total. The number of para-hydroxylation sites is 1. The largest absolute Gasteiger partial charge is 0.465 e. The van der Waals surface area contributed by atoms with Crippen molar-refractivity contribution in [3.05, 3.63) is 59.2 Å². The highest BCUT2D eigenvalue weighted by atomic mass is 32.2. The number of carbonyl (C=O) groups is 4. The van der Waals surface area contributed by atoms with Crippen molar-refractivity contribution >= 4 is 46.9 Å². The molecule has 0 bridgehead atoms. The van der Waals surface area contributed by atoms with Gasteiger partial charge < -0.3 is 20.1 Å². The lowest BCUT2D eigenvalue weighted by Gasteiger charge is -2.10. The van der Waals surface area contributed by atoms with Gasteiger partial charge in [-0.2, -0.15) is 0 Å². The molecule has 0 aliphatic carbocycles. The molecule has 0 unspecified atom stereocenters. The molecule has 0 spiro atoms. The van der Waals surface area contributed by atoms with E-state index in [9.17, 15) is 19.2 Å². The first-order chi connectivity index (χ1) is 14.8. The summed E-state index contributed by atoms with van der Waals surface area (Å²) < 4.78 is 9.57. The molecule has 0 saturated heterocycles. The van der Waals surface area contributed by atoms with E-state index in [1.807, 2.05) is 32.0 Å². The number of esters is 2. The van der Waals surface area contributed by atoms with E-state index in [1.54, 1.807) is 12.1 Å². The molecule has 0 fully saturated rings. The summed E-state index contributed by atoms with van der Waals surface area (Å²) in [6.45, 7) is 3.36. The minimum Gasteiger partial charge on any atom is -0.465 e. The Morgan fingerprint density at radius 2 is 1.61 bits per heavy atom. The number of anilines is 2. The van der Waals surface area contributed by atoms with Gasteiger partial charge in [0.2, 0.25) is 5.91 Å². The summed E-state index contributed by atoms with van der Waals surface area (Å²) in [7, 11) is 1.24. The molecule has 9 heteroatoms. The quantitative estimate of drug-likeness (QED) is 0.572. The number of carbonyl (C=O) groups excluding carboxylic acids is 4. The summed E-state index contributed by atoms with van der Waals surface area (Å²) in [5.74, 6) is -2.05. The normalized spacial score (nSPS) is 10.2. The molecular formula is C22H24N2O6S. The molecule has 2 rings (SSSR count). The van der Waals surface area contributed by atoms with E-state index in [2.05, 4.69) is 15.4 Å². The smallest absolute Gasteiger partial charge is 0.339 e. The van der Waals surface area contributed by atoms with Gasteiger partial charge in [0.1, 0.15) is 0 Å². The lowest BCUT2D eigenvalue weighted by Crippen LogP contribution is -2.23. The van der Waals surface area contributed by atoms with Gasteiger partial charge in [-0.05, 0) is 37.6 Å². The predicted octanol–water partition coefficient (Wildman–Crippen LogP) is 2.94. The lowest BCUT2D eigenvalue weighted by atomic mass is 10.1. The van der Waals surface area contributed by atoms with Crippen LogP contribution >= 0.6 is 11.8 Å². The van der Waals surface area contributed by atoms with Gasteiger partial charge >= 0.3 is 11.9 Å². The molecule has 0 radical (unpaired) electrons. The van der Waals surface area contributed by atoms with Crippen LogP contribution in [0, 0.1) is 13.8 Å². The molecule has 164 valence electrons. The number of thioether (sulfide) groups is 1. The van der Waals surface area contributed by atoms with Gasteiger partial charge in [0, 0.05) is 5.69 Å². The van der Waals surface area contributed by atoms with Crippen LogP contribution in [0.2, 0.25) is 0 Å². The van der Waals surface area contributed by atoms with Crippen molar-refractivity contribution in [1.29, 1.82) is 0 Å². The number of hydrogen-bond acceptors (Lipinski definition) is 7. The Labute approximate surface area is 184 Å². The van der Waals surface area contributed by atoms with E-state index in [0.29, 0.717) is 0 Å². The van der Waals surface area contributed by atoms with Crippen LogP contribution in [0.25, 0.3) is 0 Å². The van der Waals surface area contributed by atoms with Crippen LogP contribution in [0.1, 0.15) is 21.5 Å². The lowest BCUT2D eigenvalue weighted by molar-refractivity contribution is -0.144. The Morgan fingerprint density at radius 3 is 2.32 bits per heavy atom. The van der Waals surface area contributed by atoms with Gasteiger partial charge in [-0.1, -0.05) is 29.8 Å². The minimum absolute atomic E-state index is 0.0706. The van der Waals surface area contributed by atoms with Gasteiger partial charge in [0.15, 0.2) is 6.61 Å². The molecule has 0 aliphatic rings. The third-order valence-electron chi connectivity index (χ3n) is 4.08. The van der Waals surface area contributed by atoms with Crippen molar-refractivity contribution < 1.29 is 28.7 Å². The van der Waals surface area contributed by atoms with Crippen LogP contribution in [0.3, 0.4) is 0 Å². The van der Waals surface area contributed by atoms with Crippen molar-refractivity contribution in [2.24, 2.45) is 0 Å². The summed E-state index contributed by atoms with van der Waals surface area (Å²) in [6, 6.07) is 12.0. The van der Waals surface area contributed by atoms with E-state index in [0.717, 1.165) is 28.6 Å². The summed E-state index contributed by atoms with van der Waals surface area (Å²) in [5, 5.41) is 5.30. The van der Waals surface area contributed by atoms with E-state index in [-0.39, 0.29) is 28.7 Å². The van der Waals surface area contributed by atoms with Crippen molar-refractivity contribution in [3.8, 4) is 0 Å².